The summed E-state index contributed by atoms with van der Waals surface area (Å²) in [6.07, 6.45) is -4.93. The fourth-order valence-corrected chi connectivity index (χ4v) is 2.14. The monoisotopic (exact) mass is 444 g/mol. The predicted molar refractivity (Wildman–Crippen MR) is 87.9 cm³/mol. The number of benzene rings is 2. The molecule has 11 heteroatoms. The van der Waals surface area contributed by atoms with Crippen LogP contribution in [0.25, 0.3) is 0 Å². The van der Waals surface area contributed by atoms with E-state index in [2.05, 4.69) is 26.5 Å². The highest BCUT2D eigenvalue weighted by molar-refractivity contribution is 9.10. The van der Waals surface area contributed by atoms with Crippen molar-refractivity contribution in [1.82, 2.24) is 0 Å². The van der Waals surface area contributed by atoms with Gasteiger partial charge in [0.15, 0.2) is 23.1 Å². The molecule has 0 saturated heterocycles. The van der Waals surface area contributed by atoms with Crippen molar-refractivity contribution < 1.29 is 26.7 Å². The number of alkyl halides is 3. The van der Waals surface area contributed by atoms with E-state index >= 15 is 0 Å². The van der Waals surface area contributed by atoms with E-state index in [0.717, 1.165) is 0 Å². The normalized spacial score (nSPS) is 10.5. The molecule has 138 valence electrons. The first-order chi connectivity index (χ1) is 12.7. The molecule has 0 unspecified atom stereocenters. The summed E-state index contributed by atoms with van der Waals surface area (Å²) in [7, 11) is 0. The molecular formula is C16H6BrF5N4O. The zero-order valence-electron chi connectivity index (χ0n) is 12.9. The van der Waals surface area contributed by atoms with E-state index in [0.29, 0.717) is 4.47 Å². The third-order valence-electron chi connectivity index (χ3n) is 2.98. The van der Waals surface area contributed by atoms with Gasteiger partial charge < -0.3 is 4.74 Å². The highest BCUT2D eigenvalue weighted by Gasteiger charge is 2.33. The number of ether oxygens (including phenoxy) is 1. The van der Waals surface area contributed by atoms with E-state index in [1.54, 1.807) is 0 Å². The third-order valence-corrected chi connectivity index (χ3v) is 3.47. The van der Waals surface area contributed by atoms with Crippen molar-refractivity contribution in [2.24, 2.45) is 5.10 Å². The van der Waals surface area contributed by atoms with Crippen LogP contribution in [0, 0.1) is 34.3 Å². The quantitative estimate of drug-likeness (QED) is 0.391. The van der Waals surface area contributed by atoms with Crippen molar-refractivity contribution in [3.8, 4) is 23.6 Å². The number of anilines is 1. The molecule has 0 saturated carbocycles. The fourth-order valence-electron chi connectivity index (χ4n) is 1.80. The molecule has 5 nitrogen and oxygen atoms in total. The van der Waals surface area contributed by atoms with Gasteiger partial charge in [-0.15, -0.1) is 0 Å². The van der Waals surface area contributed by atoms with E-state index in [-0.39, 0.29) is 23.6 Å². The summed E-state index contributed by atoms with van der Waals surface area (Å²) in [5.74, 6) is -4.41. The van der Waals surface area contributed by atoms with Crippen LogP contribution in [-0.2, 0) is 6.18 Å². The zero-order valence-corrected chi connectivity index (χ0v) is 14.5. The second-order valence-corrected chi connectivity index (χ2v) is 5.72. The molecule has 0 aromatic heterocycles. The largest absolute Gasteiger partial charge is 0.449 e. The third kappa shape index (κ3) is 4.92. The lowest BCUT2D eigenvalue weighted by molar-refractivity contribution is -0.138. The standard InChI is InChI=1S/C16H6BrF5N4O/c17-9-1-2-13(26-25-10(6-23)7-24)14(5-9)27-15-11(18)3-8(4-12(15)19)16(20,21)22/h1-5,26H. The molecule has 2 aromatic carbocycles. The number of halogens is 6. The van der Waals surface area contributed by atoms with Crippen LogP contribution in [0.1, 0.15) is 5.56 Å². The number of hydrogen-bond donors (Lipinski definition) is 1. The summed E-state index contributed by atoms with van der Waals surface area (Å²) in [4.78, 5) is 0. The van der Waals surface area contributed by atoms with Crippen molar-refractivity contribution in [3.05, 3.63) is 52.0 Å². The first-order valence-electron chi connectivity index (χ1n) is 6.83. The zero-order chi connectivity index (χ0) is 20.2. The van der Waals surface area contributed by atoms with Gasteiger partial charge in [0.1, 0.15) is 12.1 Å². The molecule has 0 atom stereocenters. The van der Waals surface area contributed by atoms with Crippen molar-refractivity contribution in [3.63, 3.8) is 0 Å². The molecule has 0 fully saturated rings. The Kier molecular flexibility index (Phi) is 5.98. The van der Waals surface area contributed by atoms with Gasteiger partial charge in [-0.2, -0.15) is 28.8 Å². The van der Waals surface area contributed by atoms with E-state index in [4.69, 9.17) is 15.3 Å². The lowest BCUT2D eigenvalue weighted by Crippen LogP contribution is -2.07. The molecule has 0 amide bonds. The summed E-state index contributed by atoms with van der Waals surface area (Å²) in [5, 5.41) is 20.8. The van der Waals surface area contributed by atoms with Crippen molar-refractivity contribution in [2.75, 3.05) is 5.43 Å². The Balaban J connectivity index is 2.44. The molecule has 0 spiro atoms. The van der Waals surface area contributed by atoms with Gasteiger partial charge in [-0.25, -0.2) is 8.78 Å². The average Bonchev–Trinajstić information content (AvgIpc) is 2.59. The fraction of sp³-hybridized carbons (Fsp3) is 0.0625. The Morgan fingerprint density at radius 2 is 1.67 bits per heavy atom. The first-order valence-corrected chi connectivity index (χ1v) is 7.62. The summed E-state index contributed by atoms with van der Waals surface area (Å²) in [6, 6.07) is 7.27. The number of hydrazone groups is 1. The van der Waals surface area contributed by atoms with E-state index in [1.807, 2.05) is 0 Å². The molecule has 0 aliphatic heterocycles. The highest BCUT2D eigenvalue weighted by Crippen LogP contribution is 2.38. The van der Waals surface area contributed by atoms with Crippen LogP contribution < -0.4 is 10.2 Å². The van der Waals surface area contributed by atoms with Crippen molar-refractivity contribution in [2.45, 2.75) is 6.18 Å². The minimum atomic E-state index is -4.93. The Morgan fingerprint density at radius 3 is 2.19 bits per heavy atom. The molecule has 0 bridgehead atoms. The molecule has 2 aromatic rings. The summed E-state index contributed by atoms with van der Waals surface area (Å²) >= 11 is 3.11. The molecule has 27 heavy (non-hydrogen) atoms. The Morgan fingerprint density at radius 1 is 1.07 bits per heavy atom. The minimum absolute atomic E-state index is 0.0000945. The molecule has 0 radical (unpaired) electrons. The van der Waals surface area contributed by atoms with Crippen molar-refractivity contribution in [1.29, 1.82) is 10.5 Å². The molecule has 0 aliphatic carbocycles. The van der Waals surface area contributed by atoms with Crippen molar-refractivity contribution >= 4 is 27.3 Å². The topological polar surface area (TPSA) is 81.2 Å². The molecule has 1 N–H and O–H groups in total. The lowest BCUT2D eigenvalue weighted by Gasteiger charge is -2.14. The molecular weight excluding hydrogens is 439 g/mol. The summed E-state index contributed by atoms with van der Waals surface area (Å²) in [5.41, 5.74) is 0.273. The second kappa shape index (κ2) is 8.01. The second-order valence-electron chi connectivity index (χ2n) is 4.81. The number of nitrogens with one attached hydrogen (secondary N) is 1. The number of nitrogens with zero attached hydrogens (tertiary/aromatic N) is 3. The summed E-state index contributed by atoms with van der Waals surface area (Å²) < 4.78 is 71.3. The van der Waals surface area contributed by atoms with Gasteiger partial charge in [0, 0.05) is 4.47 Å². The van der Waals surface area contributed by atoms with Gasteiger partial charge in [0.2, 0.25) is 5.71 Å². The van der Waals surface area contributed by atoms with Crippen LogP contribution in [-0.4, -0.2) is 5.71 Å². The number of nitriles is 2. The van der Waals surface area contributed by atoms with Crippen LogP contribution in [0.3, 0.4) is 0 Å². The predicted octanol–water partition coefficient (Wildman–Crippen LogP) is 5.35. The Hall–Kier alpha value is -3.18. The highest BCUT2D eigenvalue weighted by atomic mass is 79.9. The number of rotatable bonds is 4. The Labute approximate surface area is 157 Å². The maximum absolute atomic E-state index is 14.0. The molecule has 2 rings (SSSR count). The van der Waals surface area contributed by atoms with Crippen LogP contribution >= 0.6 is 15.9 Å². The maximum atomic E-state index is 14.0. The minimum Gasteiger partial charge on any atom is -0.449 e. The van der Waals surface area contributed by atoms with E-state index in [1.165, 1.54) is 30.3 Å². The smallest absolute Gasteiger partial charge is 0.416 e. The average molecular weight is 445 g/mol. The van der Waals surface area contributed by atoms with Crippen LogP contribution in [0.2, 0.25) is 0 Å². The van der Waals surface area contributed by atoms with Gasteiger partial charge in [0.25, 0.3) is 0 Å². The summed E-state index contributed by atoms with van der Waals surface area (Å²) in [6.45, 7) is 0. The van der Waals surface area contributed by atoms with Gasteiger partial charge in [0.05, 0.1) is 11.3 Å². The number of hydrogen-bond acceptors (Lipinski definition) is 5. The van der Waals surface area contributed by atoms with E-state index < -0.39 is 34.8 Å². The van der Waals surface area contributed by atoms with Gasteiger partial charge in [-0.05, 0) is 30.3 Å². The molecule has 0 heterocycles. The van der Waals surface area contributed by atoms with Crippen LogP contribution in [0.15, 0.2) is 39.9 Å². The van der Waals surface area contributed by atoms with Crippen LogP contribution in [0.4, 0.5) is 27.6 Å². The maximum Gasteiger partial charge on any atom is 0.416 e. The molecule has 0 aliphatic rings. The van der Waals surface area contributed by atoms with E-state index in [9.17, 15) is 22.0 Å². The van der Waals surface area contributed by atoms with Gasteiger partial charge in [-0.3, -0.25) is 5.43 Å². The SMILES string of the molecule is N#CC(C#N)=NNc1ccc(Br)cc1Oc1c(F)cc(C(F)(F)F)cc1F. The first kappa shape index (κ1) is 20.1. The van der Waals surface area contributed by atoms with Crippen LogP contribution in [0.5, 0.6) is 11.5 Å². The van der Waals surface area contributed by atoms with Gasteiger partial charge >= 0.3 is 6.18 Å². The van der Waals surface area contributed by atoms with Gasteiger partial charge in [-0.1, -0.05) is 15.9 Å². The lowest BCUT2D eigenvalue weighted by atomic mass is 10.2. The Bertz CT molecular complexity index is 953.